The molecule has 2 fully saturated rings. The van der Waals surface area contributed by atoms with Crippen LogP contribution in [0.25, 0.3) is 0 Å². The van der Waals surface area contributed by atoms with Crippen LogP contribution in [0.4, 0.5) is 0 Å². The maximum absolute atomic E-state index is 13.4. The number of carbonyl (C=O) groups excluding carboxylic acids is 1. The van der Waals surface area contributed by atoms with Gasteiger partial charge in [0.1, 0.15) is 0 Å². The molecule has 0 spiro atoms. The monoisotopic (exact) mass is 332 g/mol. The second-order valence-electron chi connectivity index (χ2n) is 7.26. The number of likely N-dealkylation sites (tertiary alicyclic amines) is 1. The Hall–Kier alpha value is -1.00. The average molecular weight is 333 g/mol. The van der Waals surface area contributed by atoms with Crippen LogP contribution in [-0.2, 0) is 4.79 Å². The molecule has 126 valence electrons. The molecule has 23 heavy (non-hydrogen) atoms. The predicted octanol–water partition coefficient (Wildman–Crippen LogP) is 3.60. The van der Waals surface area contributed by atoms with Crippen LogP contribution in [0, 0.1) is 12.8 Å². The summed E-state index contributed by atoms with van der Waals surface area (Å²) in [5, 5.41) is 0. The van der Waals surface area contributed by atoms with Gasteiger partial charge in [0.15, 0.2) is 0 Å². The van der Waals surface area contributed by atoms with Gasteiger partial charge in [0.25, 0.3) is 0 Å². The van der Waals surface area contributed by atoms with Crippen molar-refractivity contribution in [3.05, 3.63) is 29.8 Å². The maximum Gasteiger partial charge on any atom is 0.239 e. The van der Waals surface area contributed by atoms with E-state index < -0.39 is 0 Å². The Bertz CT molecular complexity index is 551. The number of amides is 1. The van der Waals surface area contributed by atoms with E-state index in [0.717, 1.165) is 38.6 Å². The van der Waals surface area contributed by atoms with Gasteiger partial charge in [-0.25, -0.2) is 0 Å². The van der Waals surface area contributed by atoms with Gasteiger partial charge in [0.05, 0.1) is 4.75 Å². The van der Waals surface area contributed by atoms with E-state index in [1.807, 2.05) is 0 Å². The van der Waals surface area contributed by atoms with Gasteiger partial charge in [-0.05, 0) is 57.7 Å². The van der Waals surface area contributed by atoms with Crippen LogP contribution in [0.3, 0.4) is 0 Å². The van der Waals surface area contributed by atoms with Crippen LogP contribution < -0.4 is 5.73 Å². The van der Waals surface area contributed by atoms with Gasteiger partial charge < -0.3 is 10.6 Å². The first-order chi connectivity index (χ1) is 11.0. The summed E-state index contributed by atoms with van der Waals surface area (Å²) < 4.78 is -0.257. The lowest BCUT2D eigenvalue weighted by atomic mass is 10.0. The van der Waals surface area contributed by atoms with Gasteiger partial charge in [-0.2, -0.15) is 0 Å². The van der Waals surface area contributed by atoms with Crippen molar-refractivity contribution in [2.75, 3.05) is 13.1 Å². The summed E-state index contributed by atoms with van der Waals surface area (Å²) in [6.07, 6.45) is 5.37. The van der Waals surface area contributed by atoms with Crippen molar-refractivity contribution in [1.82, 2.24) is 4.90 Å². The molecule has 1 saturated carbocycles. The summed E-state index contributed by atoms with van der Waals surface area (Å²) in [7, 11) is 0. The fourth-order valence-corrected chi connectivity index (χ4v) is 5.42. The van der Waals surface area contributed by atoms with E-state index >= 15 is 0 Å². The minimum absolute atomic E-state index is 0.257. The van der Waals surface area contributed by atoms with Gasteiger partial charge in [0.2, 0.25) is 5.91 Å². The molecule has 2 atom stereocenters. The number of nitrogens with zero attached hydrogens (tertiary/aromatic N) is 1. The second kappa shape index (κ2) is 6.86. The molecule has 1 aromatic carbocycles. The minimum Gasteiger partial charge on any atom is -0.338 e. The molecule has 2 aliphatic rings. The fourth-order valence-electron chi connectivity index (χ4n) is 4.00. The highest BCUT2D eigenvalue weighted by atomic mass is 32.2. The normalized spacial score (nSPS) is 26.7. The Morgan fingerprint density at radius 3 is 2.52 bits per heavy atom. The van der Waals surface area contributed by atoms with Crippen LogP contribution in [0.2, 0.25) is 0 Å². The first kappa shape index (κ1) is 16.8. The number of thioether (sulfide) groups is 1. The van der Waals surface area contributed by atoms with Crippen molar-refractivity contribution in [2.45, 2.75) is 61.6 Å². The number of benzene rings is 1. The lowest BCUT2D eigenvalue weighted by molar-refractivity contribution is -0.134. The molecule has 0 aromatic heterocycles. The number of rotatable bonds is 4. The van der Waals surface area contributed by atoms with Crippen molar-refractivity contribution < 1.29 is 4.79 Å². The average Bonchev–Trinajstić information content (AvgIpc) is 3.16. The molecule has 1 aromatic rings. The SMILES string of the molecule is Cc1ccc(SC2(C(=O)N3CC(CN)CC3C)CCCC2)cc1. The number of carbonyl (C=O) groups is 1. The van der Waals surface area contributed by atoms with E-state index in [0.29, 0.717) is 24.4 Å². The Labute approximate surface area is 144 Å². The fraction of sp³-hybridized carbons (Fsp3) is 0.632. The topological polar surface area (TPSA) is 46.3 Å². The molecule has 0 radical (unpaired) electrons. The number of aryl methyl sites for hydroxylation is 1. The molecule has 4 heteroatoms. The molecular formula is C19H28N2OS. The van der Waals surface area contributed by atoms with Crippen LogP contribution in [0.1, 0.15) is 44.6 Å². The maximum atomic E-state index is 13.4. The first-order valence-corrected chi connectivity index (χ1v) is 9.62. The summed E-state index contributed by atoms with van der Waals surface area (Å²) >= 11 is 1.79. The van der Waals surface area contributed by atoms with Gasteiger partial charge in [0, 0.05) is 17.5 Å². The Morgan fingerprint density at radius 1 is 1.30 bits per heavy atom. The lowest BCUT2D eigenvalue weighted by Crippen LogP contribution is -2.47. The van der Waals surface area contributed by atoms with Crippen molar-refractivity contribution in [2.24, 2.45) is 11.7 Å². The molecule has 2 unspecified atom stereocenters. The zero-order valence-corrected chi connectivity index (χ0v) is 15.1. The van der Waals surface area contributed by atoms with E-state index in [1.54, 1.807) is 11.8 Å². The Balaban J connectivity index is 1.80. The van der Waals surface area contributed by atoms with Gasteiger partial charge in [-0.15, -0.1) is 11.8 Å². The Morgan fingerprint density at radius 2 is 1.96 bits per heavy atom. The first-order valence-electron chi connectivity index (χ1n) is 8.81. The van der Waals surface area contributed by atoms with Crippen LogP contribution in [0.15, 0.2) is 29.2 Å². The van der Waals surface area contributed by atoms with Gasteiger partial charge in [-0.3, -0.25) is 4.79 Å². The second-order valence-corrected chi connectivity index (χ2v) is 8.72. The van der Waals surface area contributed by atoms with E-state index in [4.69, 9.17) is 5.73 Å². The number of hydrogen-bond acceptors (Lipinski definition) is 3. The molecular weight excluding hydrogens is 304 g/mol. The van der Waals surface area contributed by atoms with E-state index in [2.05, 4.69) is 43.0 Å². The summed E-state index contributed by atoms with van der Waals surface area (Å²) in [6.45, 7) is 5.80. The van der Waals surface area contributed by atoms with Gasteiger partial charge >= 0.3 is 0 Å². The van der Waals surface area contributed by atoms with Gasteiger partial charge in [-0.1, -0.05) is 30.5 Å². The molecule has 1 saturated heterocycles. The highest BCUT2D eigenvalue weighted by Crippen LogP contribution is 2.47. The van der Waals surface area contributed by atoms with Crippen molar-refractivity contribution in [1.29, 1.82) is 0 Å². The standard InChI is InChI=1S/C19H28N2OS/c1-14-5-7-17(8-6-14)23-19(9-3-4-10-19)18(22)21-13-16(12-20)11-15(21)2/h5-8,15-16H,3-4,9-13,20H2,1-2H3. The Kier molecular flexibility index (Phi) is 5.02. The molecule has 0 bridgehead atoms. The van der Waals surface area contributed by atoms with Crippen LogP contribution in [0.5, 0.6) is 0 Å². The predicted molar refractivity (Wildman–Crippen MR) is 96.6 cm³/mol. The summed E-state index contributed by atoms with van der Waals surface area (Å²) in [5.41, 5.74) is 7.10. The largest absolute Gasteiger partial charge is 0.338 e. The highest BCUT2D eigenvalue weighted by molar-refractivity contribution is 8.01. The quantitative estimate of drug-likeness (QED) is 0.916. The summed E-state index contributed by atoms with van der Waals surface area (Å²) in [6, 6.07) is 8.91. The molecule has 2 N–H and O–H groups in total. The van der Waals surface area contributed by atoms with Crippen molar-refractivity contribution >= 4 is 17.7 Å². The zero-order valence-electron chi connectivity index (χ0n) is 14.3. The van der Waals surface area contributed by atoms with E-state index in [-0.39, 0.29) is 4.75 Å². The third-order valence-corrected chi connectivity index (χ3v) is 6.87. The molecule has 1 aliphatic carbocycles. The molecule has 3 nitrogen and oxygen atoms in total. The molecule has 1 amide bonds. The summed E-state index contributed by atoms with van der Waals surface area (Å²) in [5.74, 6) is 0.820. The smallest absolute Gasteiger partial charge is 0.239 e. The number of hydrogen-bond donors (Lipinski definition) is 1. The highest BCUT2D eigenvalue weighted by Gasteiger charge is 2.47. The molecule has 1 heterocycles. The van der Waals surface area contributed by atoms with Crippen LogP contribution >= 0.6 is 11.8 Å². The third-order valence-electron chi connectivity index (χ3n) is 5.39. The molecule has 1 aliphatic heterocycles. The van der Waals surface area contributed by atoms with E-state index in [9.17, 15) is 4.79 Å². The minimum atomic E-state index is -0.257. The van der Waals surface area contributed by atoms with Crippen LogP contribution in [-0.4, -0.2) is 34.7 Å². The zero-order chi connectivity index (χ0) is 16.4. The molecule has 3 rings (SSSR count). The lowest BCUT2D eigenvalue weighted by Gasteiger charge is -2.34. The van der Waals surface area contributed by atoms with Crippen molar-refractivity contribution in [3.8, 4) is 0 Å². The number of nitrogens with two attached hydrogens (primary N) is 1. The van der Waals surface area contributed by atoms with E-state index in [1.165, 1.54) is 10.5 Å². The third kappa shape index (κ3) is 3.43. The van der Waals surface area contributed by atoms with Crippen molar-refractivity contribution in [3.63, 3.8) is 0 Å². The summed E-state index contributed by atoms with van der Waals surface area (Å²) in [4.78, 5) is 16.7.